The Hall–Kier alpha value is -0.880. The first kappa shape index (κ1) is 13.5. The van der Waals surface area contributed by atoms with E-state index in [1.165, 1.54) is 11.3 Å². The number of likely N-dealkylation sites (tertiary alicyclic amines) is 1. The molecule has 2 rings (SSSR count). The van der Waals surface area contributed by atoms with Crippen LogP contribution in [0.15, 0.2) is 9.85 Å². The first-order valence-electron chi connectivity index (χ1n) is 5.62. The molecule has 1 aliphatic rings. The zero-order valence-corrected chi connectivity index (χ0v) is 12.6. The van der Waals surface area contributed by atoms with Gasteiger partial charge < -0.3 is 10.0 Å². The average molecular weight is 332 g/mol. The Labute approximate surface area is 118 Å². The van der Waals surface area contributed by atoms with Crippen LogP contribution in [0.1, 0.15) is 28.6 Å². The Bertz CT molecular complexity index is 494. The topological polar surface area (TPSA) is 57.6 Å². The predicted octanol–water partition coefficient (Wildman–Crippen LogP) is 2.76. The van der Waals surface area contributed by atoms with Gasteiger partial charge in [0.15, 0.2) is 0 Å². The number of carbonyl (C=O) groups is 2. The molecule has 1 N–H and O–H groups in total. The van der Waals surface area contributed by atoms with Gasteiger partial charge in [0.25, 0.3) is 5.91 Å². The number of carboxylic acid groups (broad SMARTS) is 1. The molecular weight excluding hydrogens is 318 g/mol. The van der Waals surface area contributed by atoms with Crippen molar-refractivity contribution >= 4 is 39.1 Å². The fourth-order valence-corrected chi connectivity index (χ4v) is 3.53. The van der Waals surface area contributed by atoms with Gasteiger partial charge in [0.2, 0.25) is 0 Å². The number of rotatable bonds is 2. The highest BCUT2D eigenvalue weighted by atomic mass is 79.9. The minimum atomic E-state index is -0.832. The van der Waals surface area contributed by atoms with Crippen LogP contribution in [0.5, 0.6) is 0 Å². The standard InChI is InChI=1S/C12H14BrNO3S/c1-7-5-8(18-9(7)13)10(15)14-4-3-12(2,6-14)11(16)17/h5H,3-4,6H2,1-2H3,(H,16,17). The lowest BCUT2D eigenvalue weighted by molar-refractivity contribution is -0.147. The normalized spacial score (nSPS) is 23.4. The van der Waals surface area contributed by atoms with Gasteiger partial charge in [-0.15, -0.1) is 11.3 Å². The zero-order valence-electron chi connectivity index (χ0n) is 10.2. The van der Waals surface area contributed by atoms with Crippen molar-refractivity contribution in [2.24, 2.45) is 5.41 Å². The summed E-state index contributed by atoms with van der Waals surface area (Å²) in [4.78, 5) is 25.7. The van der Waals surface area contributed by atoms with Crippen molar-refractivity contribution in [2.75, 3.05) is 13.1 Å². The van der Waals surface area contributed by atoms with Gasteiger partial charge in [-0.05, 0) is 47.8 Å². The van der Waals surface area contributed by atoms with Crippen LogP contribution in [0.4, 0.5) is 0 Å². The van der Waals surface area contributed by atoms with Crippen molar-refractivity contribution in [3.05, 3.63) is 20.3 Å². The van der Waals surface area contributed by atoms with Gasteiger partial charge in [-0.2, -0.15) is 0 Å². The van der Waals surface area contributed by atoms with Crippen molar-refractivity contribution in [3.8, 4) is 0 Å². The Kier molecular flexibility index (Phi) is 3.51. The summed E-state index contributed by atoms with van der Waals surface area (Å²) >= 11 is 4.79. The maximum Gasteiger partial charge on any atom is 0.311 e. The highest BCUT2D eigenvalue weighted by molar-refractivity contribution is 9.11. The summed E-state index contributed by atoms with van der Waals surface area (Å²) in [6.45, 7) is 4.42. The van der Waals surface area contributed by atoms with E-state index in [0.717, 1.165) is 9.35 Å². The van der Waals surface area contributed by atoms with Crippen LogP contribution in [0.3, 0.4) is 0 Å². The lowest BCUT2D eigenvalue weighted by Crippen LogP contribution is -2.34. The summed E-state index contributed by atoms with van der Waals surface area (Å²) in [7, 11) is 0. The van der Waals surface area contributed by atoms with Crippen LogP contribution in [0.25, 0.3) is 0 Å². The Morgan fingerprint density at radius 1 is 1.56 bits per heavy atom. The molecule has 0 radical (unpaired) electrons. The number of hydrogen-bond donors (Lipinski definition) is 1. The van der Waals surface area contributed by atoms with Crippen LogP contribution >= 0.6 is 27.3 Å². The minimum Gasteiger partial charge on any atom is -0.481 e. The first-order valence-corrected chi connectivity index (χ1v) is 7.23. The maximum absolute atomic E-state index is 12.2. The molecule has 2 heterocycles. The maximum atomic E-state index is 12.2. The Balaban J connectivity index is 2.15. The number of aliphatic carboxylic acids is 1. The van der Waals surface area contributed by atoms with E-state index in [1.54, 1.807) is 11.8 Å². The molecule has 6 heteroatoms. The number of thiophene rings is 1. The average Bonchev–Trinajstić information content (AvgIpc) is 2.84. The molecule has 1 unspecified atom stereocenters. The molecule has 18 heavy (non-hydrogen) atoms. The van der Waals surface area contributed by atoms with Crippen LogP contribution < -0.4 is 0 Å². The zero-order chi connectivity index (χ0) is 13.5. The van der Waals surface area contributed by atoms with Crippen molar-refractivity contribution in [1.29, 1.82) is 0 Å². The van der Waals surface area contributed by atoms with E-state index in [4.69, 9.17) is 5.11 Å². The SMILES string of the molecule is Cc1cc(C(=O)N2CCC(C)(C(=O)O)C2)sc1Br. The van der Waals surface area contributed by atoms with E-state index in [1.807, 2.05) is 13.0 Å². The summed E-state index contributed by atoms with van der Waals surface area (Å²) in [5.41, 5.74) is 0.225. The van der Waals surface area contributed by atoms with Crippen molar-refractivity contribution in [3.63, 3.8) is 0 Å². The molecule has 0 saturated carbocycles. The second-order valence-corrected chi connectivity index (χ2v) is 7.28. The summed E-state index contributed by atoms with van der Waals surface area (Å²) < 4.78 is 0.950. The third-order valence-corrected chi connectivity index (χ3v) is 5.47. The van der Waals surface area contributed by atoms with Crippen LogP contribution in [0, 0.1) is 12.3 Å². The second-order valence-electron chi connectivity index (χ2n) is 4.91. The van der Waals surface area contributed by atoms with E-state index < -0.39 is 11.4 Å². The molecular formula is C12H14BrNO3S. The highest BCUT2D eigenvalue weighted by Crippen LogP contribution is 2.33. The second kappa shape index (κ2) is 4.66. The highest BCUT2D eigenvalue weighted by Gasteiger charge is 2.42. The molecule has 1 aliphatic heterocycles. The number of carboxylic acids is 1. The van der Waals surface area contributed by atoms with E-state index >= 15 is 0 Å². The van der Waals surface area contributed by atoms with E-state index in [9.17, 15) is 9.59 Å². The number of halogens is 1. The van der Waals surface area contributed by atoms with Gasteiger partial charge in [-0.3, -0.25) is 9.59 Å². The molecule has 4 nitrogen and oxygen atoms in total. The van der Waals surface area contributed by atoms with Gasteiger partial charge in [0.1, 0.15) is 0 Å². The predicted molar refractivity (Wildman–Crippen MR) is 73.0 cm³/mol. The molecule has 1 atom stereocenters. The molecule has 1 aromatic rings. The minimum absolute atomic E-state index is 0.0706. The third-order valence-electron chi connectivity index (χ3n) is 3.34. The van der Waals surface area contributed by atoms with Crippen LogP contribution in [-0.4, -0.2) is 35.0 Å². The molecule has 0 spiro atoms. The van der Waals surface area contributed by atoms with Gasteiger partial charge in [0, 0.05) is 13.1 Å². The number of carbonyl (C=O) groups excluding carboxylic acids is 1. The molecule has 0 aromatic carbocycles. The van der Waals surface area contributed by atoms with Crippen molar-refractivity contribution < 1.29 is 14.7 Å². The van der Waals surface area contributed by atoms with Crippen molar-refractivity contribution in [2.45, 2.75) is 20.3 Å². The Morgan fingerprint density at radius 2 is 2.22 bits per heavy atom. The molecule has 0 aliphatic carbocycles. The van der Waals surface area contributed by atoms with Gasteiger partial charge in [0.05, 0.1) is 14.1 Å². The fraction of sp³-hybridized carbons (Fsp3) is 0.500. The quantitative estimate of drug-likeness (QED) is 0.906. The first-order chi connectivity index (χ1) is 8.33. The molecule has 1 amide bonds. The summed E-state index contributed by atoms with van der Waals surface area (Å²) in [5, 5.41) is 9.15. The molecule has 1 saturated heterocycles. The van der Waals surface area contributed by atoms with Gasteiger partial charge >= 0.3 is 5.97 Å². The van der Waals surface area contributed by atoms with Gasteiger partial charge in [-0.1, -0.05) is 0 Å². The number of nitrogens with zero attached hydrogens (tertiary/aromatic N) is 1. The summed E-state index contributed by atoms with van der Waals surface area (Å²) in [5.74, 6) is -0.903. The number of aryl methyl sites for hydroxylation is 1. The Morgan fingerprint density at radius 3 is 2.67 bits per heavy atom. The molecule has 1 aromatic heterocycles. The van der Waals surface area contributed by atoms with E-state index in [-0.39, 0.29) is 12.5 Å². The third kappa shape index (κ3) is 2.31. The van der Waals surface area contributed by atoms with Crippen molar-refractivity contribution in [1.82, 2.24) is 4.90 Å². The van der Waals surface area contributed by atoms with E-state index in [0.29, 0.717) is 17.8 Å². The molecule has 0 bridgehead atoms. The number of amides is 1. The lowest BCUT2D eigenvalue weighted by atomic mass is 9.90. The number of hydrogen-bond acceptors (Lipinski definition) is 3. The molecule has 1 fully saturated rings. The smallest absolute Gasteiger partial charge is 0.311 e. The monoisotopic (exact) mass is 331 g/mol. The fourth-order valence-electron chi connectivity index (χ4n) is 2.03. The largest absolute Gasteiger partial charge is 0.481 e. The van der Waals surface area contributed by atoms with Gasteiger partial charge in [-0.25, -0.2) is 0 Å². The van der Waals surface area contributed by atoms with Crippen LogP contribution in [0.2, 0.25) is 0 Å². The summed E-state index contributed by atoms with van der Waals surface area (Å²) in [6.07, 6.45) is 0.513. The van der Waals surface area contributed by atoms with Crippen LogP contribution in [-0.2, 0) is 4.79 Å². The van der Waals surface area contributed by atoms with E-state index in [2.05, 4.69) is 15.9 Å². The summed E-state index contributed by atoms with van der Waals surface area (Å²) in [6, 6.07) is 1.84. The lowest BCUT2D eigenvalue weighted by Gasteiger charge is -2.19. The molecule has 98 valence electrons.